The number of hydrogen-bond acceptors (Lipinski definition) is 6. The normalized spacial score (nSPS) is 11.7. The maximum absolute atomic E-state index is 12.6. The van der Waals surface area contributed by atoms with Gasteiger partial charge in [0, 0.05) is 12.3 Å². The number of methoxy groups -OCH3 is 1. The van der Waals surface area contributed by atoms with E-state index in [-0.39, 0.29) is 16.0 Å². The molecular formula is C14H14ClN5O3S. The van der Waals surface area contributed by atoms with Crippen LogP contribution in [0.25, 0.3) is 5.65 Å². The molecule has 0 aliphatic rings. The average Bonchev–Trinajstić information content (AvgIpc) is 2.95. The standard InChI is InChI=1S/C14H14ClN5O3S/c1-8-6-10-17-14(18-20(10)11(7-8)23-3)24(21,22)19-12-9(2)4-5-16-13(12)15/h4-7,19H,1-3H3. The number of aryl methyl sites for hydroxylation is 2. The Kier molecular flexibility index (Phi) is 4.06. The predicted molar refractivity (Wildman–Crippen MR) is 89.1 cm³/mol. The van der Waals surface area contributed by atoms with Crippen molar-refractivity contribution >= 4 is 33.0 Å². The number of pyridine rings is 2. The van der Waals surface area contributed by atoms with Crippen LogP contribution in [0.5, 0.6) is 5.88 Å². The van der Waals surface area contributed by atoms with Gasteiger partial charge in [0.1, 0.15) is 0 Å². The zero-order chi connectivity index (χ0) is 17.5. The summed E-state index contributed by atoms with van der Waals surface area (Å²) in [5, 5.41) is 3.69. The van der Waals surface area contributed by atoms with Crippen LogP contribution in [-0.2, 0) is 10.0 Å². The minimum atomic E-state index is -4.03. The maximum Gasteiger partial charge on any atom is 0.299 e. The molecule has 0 bridgehead atoms. The molecule has 0 aliphatic carbocycles. The van der Waals surface area contributed by atoms with Crippen LogP contribution in [0.4, 0.5) is 5.69 Å². The number of aromatic nitrogens is 4. The van der Waals surface area contributed by atoms with E-state index in [0.717, 1.165) is 5.56 Å². The second kappa shape index (κ2) is 5.91. The molecule has 0 aromatic carbocycles. The molecule has 0 unspecified atom stereocenters. The Morgan fingerprint density at radius 2 is 2.04 bits per heavy atom. The molecule has 0 aliphatic heterocycles. The lowest BCUT2D eigenvalue weighted by Crippen LogP contribution is -2.16. The van der Waals surface area contributed by atoms with E-state index in [2.05, 4.69) is 19.8 Å². The van der Waals surface area contributed by atoms with Crippen molar-refractivity contribution in [2.75, 3.05) is 11.8 Å². The second-order valence-electron chi connectivity index (χ2n) is 5.14. The van der Waals surface area contributed by atoms with Crippen LogP contribution >= 0.6 is 11.6 Å². The molecule has 8 nitrogen and oxygen atoms in total. The molecule has 0 spiro atoms. The zero-order valence-electron chi connectivity index (χ0n) is 13.1. The highest BCUT2D eigenvalue weighted by Crippen LogP contribution is 2.26. The largest absolute Gasteiger partial charge is 0.481 e. The van der Waals surface area contributed by atoms with E-state index in [4.69, 9.17) is 16.3 Å². The Morgan fingerprint density at radius 1 is 1.29 bits per heavy atom. The summed E-state index contributed by atoms with van der Waals surface area (Å²) in [5.41, 5.74) is 2.06. The van der Waals surface area contributed by atoms with Gasteiger partial charge >= 0.3 is 0 Å². The SMILES string of the molecule is COc1cc(C)cc2nc(S(=O)(=O)Nc3c(C)ccnc3Cl)nn12. The van der Waals surface area contributed by atoms with E-state index in [9.17, 15) is 8.42 Å². The molecule has 1 N–H and O–H groups in total. The quantitative estimate of drug-likeness (QED) is 0.710. The van der Waals surface area contributed by atoms with E-state index >= 15 is 0 Å². The molecule has 0 saturated heterocycles. The van der Waals surface area contributed by atoms with Crippen LogP contribution in [0.2, 0.25) is 5.15 Å². The highest BCUT2D eigenvalue weighted by atomic mass is 35.5. The van der Waals surface area contributed by atoms with Gasteiger partial charge < -0.3 is 4.74 Å². The van der Waals surface area contributed by atoms with E-state index in [0.29, 0.717) is 17.1 Å². The number of halogens is 1. The number of anilines is 1. The molecule has 0 amide bonds. The van der Waals surface area contributed by atoms with Crippen LogP contribution in [-0.4, -0.2) is 35.1 Å². The van der Waals surface area contributed by atoms with Crippen LogP contribution in [0.15, 0.2) is 29.6 Å². The lowest BCUT2D eigenvalue weighted by molar-refractivity contribution is 0.384. The summed E-state index contributed by atoms with van der Waals surface area (Å²) >= 11 is 5.97. The van der Waals surface area contributed by atoms with Crippen LogP contribution in [0.1, 0.15) is 11.1 Å². The molecule has 0 fully saturated rings. The van der Waals surface area contributed by atoms with Crippen molar-refractivity contribution in [1.82, 2.24) is 19.6 Å². The molecule has 10 heteroatoms. The number of ether oxygens (including phenoxy) is 1. The van der Waals surface area contributed by atoms with Crippen molar-refractivity contribution in [3.63, 3.8) is 0 Å². The van der Waals surface area contributed by atoms with E-state index < -0.39 is 10.0 Å². The number of rotatable bonds is 4. The van der Waals surface area contributed by atoms with Crippen molar-refractivity contribution in [3.8, 4) is 5.88 Å². The molecule has 0 saturated carbocycles. The molecule has 3 rings (SSSR count). The van der Waals surface area contributed by atoms with Gasteiger partial charge in [-0.1, -0.05) is 11.6 Å². The minimum Gasteiger partial charge on any atom is -0.481 e. The van der Waals surface area contributed by atoms with Crippen LogP contribution in [0.3, 0.4) is 0 Å². The molecular weight excluding hydrogens is 354 g/mol. The maximum atomic E-state index is 12.6. The van der Waals surface area contributed by atoms with Crippen molar-refractivity contribution in [1.29, 1.82) is 0 Å². The fourth-order valence-electron chi connectivity index (χ4n) is 2.15. The third kappa shape index (κ3) is 2.87. The minimum absolute atomic E-state index is 0.0516. The van der Waals surface area contributed by atoms with E-state index in [1.165, 1.54) is 17.8 Å². The van der Waals surface area contributed by atoms with Crippen LogP contribution in [0, 0.1) is 13.8 Å². The first-order valence-corrected chi connectivity index (χ1v) is 8.73. The summed E-state index contributed by atoms with van der Waals surface area (Å²) in [4.78, 5) is 7.94. The first-order valence-electron chi connectivity index (χ1n) is 6.87. The Balaban J connectivity index is 2.09. The summed E-state index contributed by atoms with van der Waals surface area (Å²) in [6, 6.07) is 5.08. The Labute approximate surface area is 143 Å². The Bertz CT molecular complexity index is 1010. The third-order valence-electron chi connectivity index (χ3n) is 3.33. The highest BCUT2D eigenvalue weighted by molar-refractivity contribution is 7.92. The smallest absolute Gasteiger partial charge is 0.299 e. The Hall–Kier alpha value is -2.39. The van der Waals surface area contributed by atoms with Gasteiger partial charge in [0.15, 0.2) is 10.8 Å². The molecule has 3 heterocycles. The van der Waals surface area contributed by atoms with Crippen molar-refractivity contribution < 1.29 is 13.2 Å². The van der Waals surface area contributed by atoms with Gasteiger partial charge in [-0.15, -0.1) is 5.10 Å². The van der Waals surface area contributed by atoms with E-state index in [1.807, 2.05) is 6.92 Å². The average molecular weight is 368 g/mol. The molecule has 0 radical (unpaired) electrons. The molecule has 3 aromatic heterocycles. The summed E-state index contributed by atoms with van der Waals surface area (Å²) in [5.74, 6) is 0.384. The summed E-state index contributed by atoms with van der Waals surface area (Å²) in [7, 11) is -2.56. The lowest BCUT2D eigenvalue weighted by atomic mass is 10.3. The summed E-state index contributed by atoms with van der Waals surface area (Å²) < 4.78 is 34.1. The zero-order valence-corrected chi connectivity index (χ0v) is 14.7. The fraction of sp³-hybridized carbons (Fsp3) is 0.214. The Morgan fingerprint density at radius 3 is 2.71 bits per heavy atom. The number of fused-ring (bicyclic) bond motifs is 1. The van der Waals surface area contributed by atoms with Crippen molar-refractivity contribution in [2.45, 2.75) is 19.0 Å². The highest BCUT2D eigenvalue weighted by Gasteiger charge is 2.24. The molecule has 3 aromatic rings. The second-order valence-corrected chi connectivity index (χ2v) is 7.07. The summed E-state index contributed by atoms with van der Waals surface area (Å²) in [6.07, 6.45) is 1.49. The monoisotopic (exact) mass is 367 g/mol. The fourth-order valence-corrected chi connectivity index (χ4v) is 3.48. The van der Waals surface area contributed by atoms with Gasteiger partial charge in [0.25, 0.3) is 15.2 Å². The number of hydrogen-bond donors (Lipinski definition) is 1. The molecule has 0 atom stereocenters. The molecule has 24 heavy (non-hydrogen) atoms. The molecule has 126 valence electrons. The van der Waals surface area contributed by atoms with Gasteiger partial charge in [0.2, 0.25) is 5.88 Å². The van der Waals surface area contributed by atoms with E-state index in [1.54, 1.807) is 25.1 Å². The first kappa shape index (κ1) is 16.5. The summed E-state index contributed by atoms with van der Waals surface area (Å²) in [6.45, 7) is 3.57. The van der Waals surface area contributed by atoms with Gasteiger partial charge in [0.05, 0.1) is 12.8 Å². The number of sulfonamides is 1. The third-order valence-corrected chi connectivity index (χ3v) is 4.74. The van der Waals surface area contributed by atoms with Crippen molar-refractivity contribution in [2.24, 2.45) is 0 Å². The first-order chi connectivity index (χ1) is 11.3. The van der Waals surface area contributed by atoms with Crippen molar-refractivity contribution in [3.05, 3.63) is 40.7 Å². The lowest BCUT2D eigenvalue weighted by Gasteiger charge is -2.08. The number of nitrogens with zero attached hydrogens (tertiary/aromatic N) is 4. The number of nitrogens with one attached hydrogen (secondary N) is 1. The van der Waals surface area contributed by atoms with Gasteiger partial charge in [-0.3, -0.25) is 4.72 Å². The van der Waals surface area contributed by atoms with Crippen LogP contribution < -0.4 is 9.46 Å². The van der Waals surface area contributed by atoms with Gasteiger partial charge in [-0.2, -0.15) is 17.9 Å². The predicted octanol–water partition coefficient (Wildman–Crippen LogP) is 2.20. The topological polar surface area (TPSA) is 98.5 Å². The van der Waals surface area contributed by atoms with Gasteiger partial charge in [-0.25, -0.2) is 4.98 Å². The van der Waals surface area contributed by atoms with Gasteiger partial charge in [-0.05, 0) is 37.1 Å².